The average molecular weight is 395 g/mol. The molecule has 1 heterocycles. The molecule has 1 amide bonds. The van der Waals surface area contributed by atoms with Crippen LogP contribution in [-0.2, 0) is 9.53 Å². The summed E-state index contributed by atoms with van der Waals surface area (Å²) in [6.45, 7) is 2.83. The van der Waals surface area contributed by atoms with Gasteiger partial charge in [-0.25, -0.2) is 4.98 Å². The quantitative estimate of drug-likeness (QED) is 0.433. The molecule has 29 heavy (non-hydrogen) atoms. The van der Waals surface area contributed by atoms with Gasteiger partial charge in [0.25, 0.3) is 5.91 Å². The van der Waals surface area contributed by atoms with Crippen LogP contribution in [0.4, 0.5) is 0 Å². The first-order valence-electron chi connectivity index (χ1n) is 8.94. The van der Waals surface area contributed by atoms with Gasteiger partial charge < -0.3 is 19.9 Å². The smallest absolute Gasteiger partial charge is 0.326 e. The number of hydrogen-bond donors (Lipinski definition) is 3. The molecule has 0 radical (unpaired) electrons. The van der Waals surface area contributed by atoms with Crippen LogP contribution in [0.15, 0.2) is 48.5 Å². The van der Waals surface area contributed by atoms with Crippen LogP contribution < -0.4 is 15.8 Å². The number of carbonyl (C=O) groups is 2. The lowest BCUT2D eigenvalue weighted by Gasteiger charge is -2.12. The largest absolute Gasteiger partial charge is 0.505 e. The van der Waals surface area contributed by atoms with E-state index >= 15 is 0 Å². The van der Waals surface area contributed by atoms with E-state index in [1.165, 1.54) is 6.92 Å². The van der Waals surface area contributed by atoms with Crippen LogP contribution in [0.1, 0.15) is 23.1 Å². The number of rotatable bonds is 6. The van der Waals surface area contributed by atoms with Crippen molar-refractivity contribution in [3.63, 3.8) is 0 Å². The van der Waals surface area contributed by atoms with Crippen LogP contribution in [0.3, 0.4) is 0 Å². The van der Waals surface area contributed by atoms with E-state index in [-0.39, 0.29) is 18.0 Å². The molecule has 0 saturated carbocycles. The number of aromatic hydroxyl groups is 1. The Morgan fingerprint density at radius 2 is 1.86 bits per heavy atom. The minimum atomic E-state index is -0.777. The highest BCUT2D eigenvalue weighted by molar-refractivity contribution is 6.03. The number of para-hydroxylation sites is 1. The van der Waals surface area contributed by atoms with E-state index < -0.39 is 18.1 Å². The van der Waals surface area contributed by atoms with Gasteiger partial charge in [-0.2, -0.15) is 0 Å². The Hall–Kier alpha value is -3.65. The van der Waals surface area contributed by atoms with E-state index in [1.54, 1.807) is 25.1 Å². The number of benzene rings is 2. The van der Waals surface area contributed by atoms with Crippen LogP contribution in [0.25, 0.3) is 10.8 Å². The predicted octanol–water partition coefficient (Wildman–Crippen LogP) is 2.62. The number of pyridine rings is 1. The van der Waals surface area contributed by atoms with E-state index in [0.717, 1.165) is 0 Å². The number of aromatic nitrogens is 1. The Morgan fingerprint density at radius 3 is 2.55 bits per heavy atom. The highest BCUT2D eigenvalue weighted by Crippen LogP contribution is 2.33. The fraction of sp³-hybridized carbons (Fsp3) is 0.190. The lowest BCUT2D eigenvalue weighted by Crippen LogP contribution is -2.34. The monoisotopic (exact) mass is 395 g/mol. The van der Waals surface area contributed by atoms with Gasteiger partial charge >= 0.3 is 5.97 Å². The number of ether oxygens (including phenoxy) is 2. The third-order valence-corrected chi connectivity index (χ3v) is 4.04. The maximum absolute atomic E-state index is 12.4. The van der Waals surface area contributed by atoms with E-state index in [4.69, 9.17) is 15.2 Å². The first-order chi connectivity index (χ1) is 13.8. The molecule has 2 aromatic carbocycles. The third-order valence-electron chi connectivity index (χ3n) is 4.04. The van der Waals surface area contributed by atoms with Gasteiger partial charge in [0.2, 0.25) is 0 Å². The zero-order chi connectivity index (χ0) is 21.0. The second-order valence-electron chi connectivity index (χ2n) is 6.39. The maximum atomic E-state index is 12.4. The molecule has 8 heteroatoms. The van der Waals surface area contributed by atoms with Gasteiger partial charge in [0.15, 0.2) is 11.4 Å². The maximum Gasteiger partial charge on any atom is 0.326 e. The number of nitrogens with zero attached hydrogens (tertiary/aromatic N) is 1. The Morgan fingerprint density at radius 1 is 1.14 bits per heavy atom. The summed E-state index contributed by atoms with van der Waals surface area (Å²) in [5.41, 5.74) is 5.71. The molecule has 4 N–H and O–H groups in total. The van der Waals surface area contributed by atoms with E-state index in [9.17, 15) is 14.7 Å². The molecule has 1 atom stereocenters. The number of nitrogens with two attached hydrogens (primary N) is 1. The summed E-state index contributed by atoms with van der Waals surface area (Å²) >= 11 is 0. The van der Waals surface area contributed by atoms with Gasteiger partial charge in [-0.3, -0.25) is 15.3 Å². The molecular weight excluding hydrogens is 374 g/mol. The molecule has 0 saturated heterocycles. The van der Waals surface area contributed by atoms with Crippen LogP contribution in [0.2, 0.25) is 0 Å². The first kappa shape index (κ1) is 20.1. The van der Waals surface area contributed by atoms with Gasteiger partial charge in [-0.05, 0) is 44.2 Å². The lowest BCUT2D eigenvalue weighted by atomic mass is 10.1. The Labute approximate surface area is 167 Å². The van der Waals surface area contributed by atoms with Crippen molar-refractivity contribution in [2.75, 3.05) is 6.54 Å². The van der Waals surface area contributed by atoms with Crippen LogP contribution in [0, 0.1) is 6.92 Å². The highest BCUT2D eigenvalue weighted by Gasteiger charge is 2.19. The summed E-state index contributed by atoms with van der Waals surface area (Å²) < 4.78 is 10.6. The van der Waals surface area contributed by atoms with Crippen molar-refractivity contribution in [2.24, 2.45) is 5.73 Å². The molecule has 3 rings (SSSR count). The van der Waals surface area contributed by atoms with Gasteiger partial charge in [0.05, 0.1) is 0 Å². The molecule has 150 valence electrons. The normalized spacial score (nSPS) is 11.7. The molecule has 3 aromatic rings. The number of nitrogens with one attached hydrogen (secondary N) is 1. The van der Waals surface area contributed by atoms with E-state index in [2.05, 4.69) is 10.3 Å². The summed E-state index contributed by atoms with van der Waals surface area (Å²) in [6, 6.07) is 14.4. The van der Waals surface area contributed by atoms with E-state index in [0.29, 0.717) is 28.0 Å². The summed E-state index contributed by atoms with van der Waals surface area (Å²) in [4.78, 5) is 28.1. The SMILES string of the molecule is Cc1nc(C(=O)NCC(=O)OC(C)N)c(O)c2ccc(Oc3ccccc3)cc12. The van der Waals surface area contributed by atoms with Crippen molar-refractivity contribution in [2.45, 2.75) is 20.1 Å². The van der Waals surface area contributed by atoms with Crippen molar-refractivity contribution in [3.8, 4) is 17.2 Å². The second kappa shape index (κ2) is 8.57. The molecule has 0 aliphatic carbocycles. The highest BCUT2D eigenvalue weighted by atomic mass is 16.6. The summed E-state index contributed by atoms with van der Waals surface area (Å²) in [7, 11) is 0. The summed E-state index contributed by atoms with van der Waals surface area (Å²) in [5, 5.41) is 14.0. The molecular formula is C21H21N3O5. The molecule has 1 aromatic heterocycles. The van der Waals surface area contributed by atoms with Crippen molar-refractivity contribution < 1.29 is 24.2 Å². The zero-order valence-electron chi connectivity index (χ0n) is 16.0. The number of aryl methyl sites for hydroxylation is 1. The Kier molecular flexibility index (Phi) is 5.94. The van der Waals surface area contributed by atoms with Crippen molar-refractivity contribution >= 4 is 22.6 Å². The van der Waals surface area contributed by atoms with Crippen molar-refractivity contribution in [3.05, 3.63) is 59.9 Å². The molecule has 1 unspecified atom stereocenters. The molecule has 0 aliphatic rings. The Balaban J connectivity index is 1.84. The standard InChI is InChI=1S/C21H21N3O5/c1-12-17-10-15(29-14-6-4-3-5-7-14)8-9-16(17)20(26)19(24-12)21(27)23-11-18(25)28-13(2)22/h3-10,13,26H,11,22H2,1-2H3,(H,23,27). The molecule has 0 fully saturated rings. The number of hydrogen-bond acceptors (Lipinski definition) is 7. The minimum Gasteiger partial charge on any atom is -0.505 e. The Bertz CT molecular complexity index is 1050. The van der Waals surface area contributed by atoms with Gasteiger partial charge in [0, 0.05) is 16.5 Å². The topological polar surface area (TPSA) is 124 Å². The van der Waals surface area contributed by atoms with Gasteiger partial charge in [-0.15, -0.1) is 0 Å². The first-order valence-corrected chi connectivity index (χ1v) is 8.94. The molecule has 0 spiro atoms. The summed E-state index contributed by atoms with van der Waals surface area (Å²) in [5.74, 6) is -0.415. The predicted molar refractivity (Wildman–Crippen MR) is 107 cm³/mol. The number of fused-ring (bicyclic) bond motifs is 1. The van der Waals surface area contributed by atoms with Crippen LogP contribution in [-0.4, -0.2) is 34.7 Å². The van der Waals surface area contributed by atoms with Gasteiger partial charge in [0.1, 0.15) is 24.3 Å². The van der Waals surface area contributed by atoms with E-state index in [1.807, 2.05) is 30.3 Å². The summed E-state index contributed by atoms with van der Waals surface area (Å²) in [6.07, 6.45) is -0.777. The van der Waals surface area contributed by atoms with Crippen LogP contribution >= 0.6 is 0 Å². The van der Waals surface area contributed by atoms with Crippen molar-refractivity contribution in [1.29, 1.82) is 0 Å². The molecule has 0 aliphatic heterocycles. The van der Waals surface area contributed by atoms with Gasteiger partial charge in [-0.1, -0.05) is 18.2 Å². The van der Waals surface area contributed by atoms with Crippen molar-refractivity contribution in [1.82, 2.24) is 10.3 Å². The molecule has 8 nitrogen and oxygen atoms in total. The number of esters is 1. The minimum absolute atomic E-state index is 0.180. The fourth-order valence-electron chi connectivity index (χ4n) is 2.77. The zero-order valence-corrected chi connectivity index (χ0v) is 16.0. The third kappa shape index (κ3) is 4.80. The lowest BCUT2D eigenvalue weighted by molar-refractivity contribution is -0.146. The number of carbonyl (C=O) groups excluding carboxylic acids is 2. The average Bonchev–Trinajstić information content (AvgIpc) is 2.69. The number of amides is 1. The molecule has 0 bridgehead atoms. The second-order valence-corrected chi connectivity index (χ2v) is 6.39. The fourth-order valence-corrected chi connectivity index (χ4v) is 2.77. The van der Waals surface area contributed by atoms with Crippen LogP contribution in [0.5, 0.6) is 17.2 Å².